The number of carbonyl (C=O) groups is 1. The van der Waals surface area contributed by atoms with Crippen LogP contribution < -0.4 is 9.46 Å². The van der Waals surface area contributed by atoms with Gasteiger partial charge in [-0.1, -0.05) is 29.8 Å². The summed E-state index contributed by atoms with van der Waals surface area (Å²) in [6, 6.07) is 11.6. The monoisotopic (exact) mass is 418 g/mol. The molecular formula is C21H26N2O5S. The highest BCUT2D eigenvalue weighted by atomic mass is 32.2. The van der Waals surface area contributed by atoms with Crippen molar-refractivity contribution in [1.29, 1.82) is 0 Å². The summed E-state index contributed by atoms with van der Waals surface area (Å²) in [6.07, 6.45) is 0. The molecule has 2 aromatic carbocycles. The van der Waals surface area contributed by atoms with Crippen molar-refractivity contribution in [2.45, 2.75) is 24.8 Å². The predicted molar refractivity (Wildman–Crippen MR) is 110 cm³/mol. The minimum atomic E-state index is -3.83. The van der Waals surface area contributed by atoms with Gasteiger partial charge in [-0.3, -0.25) is 4.79 Å². The normalized spacial score (nSPS) is 15.8. The highest BCUT2D eigenvalue weighted by Crippen LogP contribution is 2.25. The summed E-state index contributed by atoms with van der Waals surface area (Å²) >= 11 is 0. The Morgan fingerprint density at radius 1 is 1.14 bits per heavy atom. The number of methoxy groups -OCH3 is 1. The molecule has 1 atom stereocenters. The van der Waals surface area contributed by atoms with Crippen molar-refractivity contribution >= 4 is 15.9 Å². The molecule has 1 amide bonds. The summed E-state index contributed by atoms with van der Waals surface area (Å²) in [7, 11) is -2.37. The van der Waals surface area contributed by atoms with Crippen LogP contribution in [0.4, 0.5) is 0 Å². The van der Waals surface area contributed by atoms with Crippen molar-refractivity contribution in [3.8, 4) is 5.75 Å². The number of morpholine rings is 1. The molecule has 0 spiro atoms. The molecule has 2 aromatic rings. The van der Waals surface area contributed by atoms with E-state index in [1.54, 1.807) is 11.8 Å². The molecule has 1 fully saturated rings. The fourth-order valence-corrected chi connectivity index (χ4v) is 4.44. The minimum absolute atomic E-state index is 0.0221. The van der Waals surface area contributed by atoms with Crippen LogP contribution in [0.15, 0.2) is 47.4 Å². The summed E-state index contributed by atoms with van der Waals surface area (Å²) in [5, 5.41) is 0. The van der Waals surface area contributed by atoms with E-state index in [4.69, 9.17) is 9.47 Å². The Morgan fingerprint density at radius 3 is 2.41 bits per heavy atom. The number of rotatable bonds is 6. The third kappa shape index (κ3) is 4.95. The Morgan fingerprint density at radius 2 is 1.79 bits per heavy atom. The number of carbonyl (C=O) groups excluding carboxylic acids is 1. The molecule has 7 nitrogen and oxygen atoms in total. The molecule has 3 rings (SSSR count). The number of nitrogens with zero attached hydrogens (tertiary/aromatic N) is 1. The average Bonchev–Trinajstić information content (AvgIpc) is 2.73. The number of nitrogens with one attached hydrogen (secondary N) is 1. The molecule has 0 bridgehead atoms. The predicted octanol–water partition coefficient (Wildman–Crippen LogP) is 2.52. The molecule has 1 heterocycles. The molecule has 0 aromatic heterocycles. The lowest BCUT2D eigenvalue weighted by Gasteiger charge is -2.27. The van der Waals surface area contributed by atoms with E-state index in [1.807, 2.05) is 31.2 Å². The third-order valence-corrected chi connectivity index (χ3v) is 6.46. The van der Waals surface area contributed by atoms with Gasteiger partial charge in [-0.05, 0) is 37.6 Å². The minimum Gasteiger partial charge on any atom is -0.496 e. The van der Waals surface area contributed by atoms with Crippen molar-refractivity contribution in [2.24, 2.45) is 0 Å². The second-order valence-corrected chi connectivity index (χ2v) is 8.73. The van der Waals surface area contributed by atoms with Gasteiger partial charge in [-0.2, -0.15) is 0 Å². The summed E-state index contributed by atoms with van der Waals surface area (Å²) in [6.45, 7) is 5.60. The van der Waals surface area contributed by atoms with E-state index in [2.05, 4.69) is 4.72 Å². The van der Waals surface area contributed by atoms with E-state index in [-0.39, 0.29) is 16.4 Å². The third-order valence-electron chi connectivity index (χ3n) is 4.92. The van der Waals surface area contributed by atoms with Crippen LogP contribution in [0.25, 0.3) is 0 Å². The van der Waals surface area contributed by atoms with Crippen molar-refractivity contribution in [2.75, 3.05) is 33.4 Å². The zero-order chi connectivity index (χ0) is 21.0. The Labute approximate surface area is 171 Å². The van der Waals surface area contributed by atoms with Crippen molar-refractivity contribution in [3.05, 3.63) is 59.2 Å². The van der Waals surface area contributed by atoms with Gasteiger partial charge in [0.25, 0.3) is 5.91 Å². The second-order valence-electron chi connectivity index (χ2n) is 7.02. The van der Waals surface area contributed by atoms with Gasteiger partial charge in [0.1, 0.15) is 5.75 Å². The van der Waals surface area contributed by atoms with Gasteiger partial charge < -0.3 is 14.4 Å². The lowest BCUT2D eigenvalue weighted by Crippen LogP contribution is -2.40. The highest BCUT2D eigenvalue weighted by Gasteiger charge is 2.25. The van der Waals surface area contributed by atoms with E-state index in [0.717, 1.165) is 11.1 Å². The molecule has 1 aliphatic rings. The fraction of sp³-hybridized carbons (Fsp3) is 0.381. The lowest BCUT2D eigenvalue weighted by atomic mass is 10.1. The first-order valence-electron chi connectivity index (χ1n) is 9.46. The maximum Gasteiger partial charge on any atom is 0.257 e. The Bertz CT molecular complexity index is 967. The van der Waals surface area contributed by atoms with E-state index in [1.165, 1.54) is 25.3 Å². The van der Waals surface area contributed by atoms with E-state index in [0.29, 0.717) is 32.1 Å². The highest BCUT2D eigenvalue weighted by molar-refractivity contribution is 7.89. The Balaban J connectivity index is 1.86. The lowest BCUT2D eigenvalue weighted by molar-refractivity contribution is 0.0300. The Hall–Kier alpha value is -2.42. The van der Waals surface area contributed by atoms with Crippen LogP contribution in [-0.2, 0) is 14.8 Å². The molecule has 0 aliphatic carbocycles. The van der Waals surface area contributed by atoms with Crippen LogP contribution in [0.2, 0.25) is 0 Å². The smallest absolute Gasteiger partial charge is 0.257 e. The number of benzene rings is 2. The molecule has 0 saturated carbocycles. The van der Waals surface area contributed by atoms with Gasteiger partial charge in [0, 0.05) is 19.1 Å². The van der Waals surface area contributed by atoms with Gasteiger partial charge in [-0.25, -0.2) is 13.1 Å². The summed E-state index contributed by atoms with van der Waals surface area (Å²) in [4.78, 5) is 14.6. The van der Waals surface area contributed by atoms with Crippen LogP contribution in [0.3, 0.4) is 0 Å². The van der Waals surface area contributed by atoms with Crippen LogP contribution in [0.5, 0.6) is 5.75 Å². The van der Waals surface area contributed by atoms with Gasteiger partial charge >= 0.3 is 0 Å². The number of sulfonamides is 1. The molecular weight excluding hydrogens is 392 g/mol. The molecule has 156 valence electrons. The maximum absolute atomic E-state index is 12.9. The van der Waals surface area contributed by atoms with Crippen molar-refractivity contribution in [3.63, 3.8) is 0 Å². The number of hydrogen-bond acceptors (Lipinski definition) is 5. The van der Waals surface area contributed by atoms with E-state index >= 15 is 0 Å². The van der Waals surface area contributed by atoms with Gasteiger partial charge in [0.05, 0.1) is 30.8 Å². The van der Waals surface area contributed by atoms with Crippen LogP contribution in [-0.4, -0.2) is 52.6 Å². The van der Waals surface area contributed by atoms with Gasteiger partial charge in [0.2, 0.25) is 10.0 Å². The quantitative estimate of drug-likeness (QED) is 0.779. The second kappa shape index (κ2) is 8.94. The van der Waals surface area contributed by atoms with Crippen LogP contribution in [0, 0.1) is 6.92 Å². The molecule has 8 heteroatoms. The first kappa shape index (κ1) is 21.3. The Kier molecular flexibility index (Phi) is 6.56. The zero-order valence-electron chi connectivity index (χ0n) is 16.8. The standard InChI is InChI=1S/C21H26N2O5S/c1-15-4-6-17(7-5-15)16(2)22-29(25,26)18-8-9-20(27-3)19(14-18)21(24)23-10-12-28-13-11-23/h4-9,14,16,22H,10-13H2,1-3H3. The van der Waals surface area contributed by atoms with Gasteiger partial charge in [0.15, 0.2) is 0 Å². The average molecular weight is 419 g/mol. The van der Waals surface area contributed by atoms with Gasteiger partial charge in [-0.15, -0.1) is 0 Å². The number of aryl methyl sites for hydroxylation is 1. The SMILES string of the molecule is COc1ccc(S(=O)(=O)NC(C)c2ccc(C)cc2)cc1C(=O)N1CCOCC1. The number of ether oxygens (including phenoxy) is 2. The molecule has 1 aliphatic heterocycles. The first-order valence-corrected chi connectivity index (χ1v) is 10.9. The zero-order valence-corrected chi connectivity index (χ0v) is 17.7. The molecule has 1 saturated heterocycles. The molecule has 29 heavy (non-hydrogen) atoms. The molecule has 0 radical (unpaired) electrons. The largest absolute Gasteiger partial charge is 0.496 e. The first-order chi connectivity index (χ1) is 13.8. The number of hydrogen-bond donors (Lipinski definition) is 1. The van der Waals surface area contributed by atoms with Crippen LogP contribution >= 0.6 is 0 Å². The van der Waals surface area contributed by atoms with E-state index in [9.17, 15) is 13.2 Å². The summed E-state index contributed by atoms with van der Waals surface area (Å²) < 4.78 is 39.1. The molecule has 1 unspecified atom stereocenters. The summed E-state index contributed by atoms with van der Waals surface area (Å²) in [5.74, 6) is 0.0702. The van der Waals surface area contributed by atoms with Crippen molar-refractivity contribution in [1.82, 2.24) is 9.62 Å². The van der Waals surface area contributed by atoms with E-state index < -0.39 is 16.1 Å². The maximum atomic E-state index is 12.9. The molecule has 1 N–H and O–H groups in total. The fourth-order valence-electron chi connectivity index (χ4n) is 3.18. The topological polar surface area (TPSA) is 84.9 Å². The summed E-state index contributed by atoms with van der Waals surface area (Å²) in [5.41, 5.74) is 2.18. The number of amides is 1. The van der Waals surface area contributed by atoms with Crippen LogP contribution in [0.1, 0.15) is 34.5 Å². The van der Waals surface area contributed by atoms with Crippen molar-refractivity contribution < 1.29 is 22.7 Å².